The van der Waals surface area contributed by atoms with Crippen molar-refractivity contribution >= 4 is 10.0 Å². The van der Waals surface area contributed by atoms with Crippen LogP contribution >= 0.6 is 0 Å². The molecule has 3 rings (SSSR count). The Morgan fingerprint density at radius 1 is 1.20 bits per heavy atom. The maximum atomic E-state index is 12.8. The van der Waals surface area contributed by atoms with Crippen molar-refractivity contribution in [3.8, 4) is 0 Å². The van der Waals surface area contributed by atoms with Crippen molar-refractivity contribution in [2.45, 2.75) is 37.6 Å². The Bertz CT molecular complexity index is 814. The number of benzene rings is 1. The molecule has 1 aromatic carbocycles. The summed E-state index contributed by atoms with van der Waals surface area (Å²) in [5.74, 6) is 0.429. The van der Waals surface area contributed by atoms with Gasteiger partial charge in [0.25, 0.3) is 0 Å². The van der Waals surface area contributed by atoms with Crippen LogP contribution in [0.2, 0.25) is 0 Å². The molecule has 5 nitrogen and oxygen atoms in total. The number of piperidine rings is 1. The summed E-state index contributed by atoms with van der Waals surface area (Å²) in [6.07, 6.45) is 3.47. The second kappa shape index (κ2) is 7.21. The molecule has 1 aliphatic heterocycles. The van der Waals surface area contributed by atoms with Gasteiger partial charge in [-0.25, -0.2) is 13.1 Å². The number of hydrogen-bond acceptors (Lipinski definition) is 3. The summed E-state index contributed by atoms with van der Waals surface area (Å²) >= 11 is 0. The van der Waals surface area contributed by atoms with Crippen molar-refractivity contribution in [3.05, 3.63) is 47.8 Å². The van der Waals surface area contributed by atoms with E-state index in [2.05, 4.69) is 17.2 Å². The first kappa shape index (κ1) is 18.0. The second-order valence-electron chi connectivity index (χ2n) is 6.35. The molecular weight excluding hydrogens is 348 g/mol. The normalized spacial score (nSPS) is 17.3. The molecule has 0 bridgehead atoms. The largest absolute Gasteiger partial charge is 0.333 e. The lowest BCUT2D eigenvalue weighted by molar-refractivity contribution is 0.0541. The minimum atomic E-state index is -3.79. The monoisotopic (exact) mass is 369 g/mol. The van der Waals surface area contributed by atoms with E-state index in [-0.39, 0.29) is 10.6 Å². The molecule has 1 saturated heterocycles. The Balaban J connectivity index is 1.67. The number of aromatic nitrogens is 2. The highest BCUT2D eigenvalue weighted by atomic mass is 32.2. The van der Waals surface area contributed by atoms with E-state index in [1.165, 1.54) is 16.8 Å². The fraction of sp³-hybridized carbons (Fsp3) is 0.471. The summed E-state index contributed by atoms with van der Waals surface area (Å²) < 4.78 is 52.9. The van der Waals surface area contributed by atoms with Crippen LogP contribution in [0.3, 0.4) is 0 Å². The first-order valence-corrected chi connectivity index (χ1v) is 9.70. The Hall–Kier alpha value is -1.80. The van der Waals surface area contributed by atoms with Gasteiger partial charge in [-0.2, -0.15) is 18.2 Å². The highest BCUT2D eigenvalue weighted by Crippen LogP contribution is 2.28. The summed E-state index contributed by atoms with van der Waals surface area (Å²) in [6, 6.07) is 10.1. The van der Waals surface area contributed by atoms with Crippen LogP contribution in [0.1, 0.15) is 30.6 Å². The molecule has 1 fully saturated rings. The van der Waals surface area contributed by atoms with E-state index in [9.17, 15) is 17.2 Å². The molecule has 0 atom stereocenters. The molecule has 136 valence electrons. The van der Waals surface area contributed by atoms with Gasteiger partial charge in [0, 0.05) is 13.1 Å². The summed E-state index contributed by atoms with van der Waals surface area (Å²) in [6.45, 7) is -0.688. The molecule has 0 amide bonds. The third-order valence-electron chi connectivity index (χ3n) is 4.74. The van der Waals surface area contributed by atoms with Crippen LogP contribution in [0, 0.1) is 12.8 Å². The smallest absolute Gasteiger partial charge is 0.207 e. The van der Waals surface area contributed by atoms with E-state index in [1.54, 1.807) is 0 Å². The van der Waals surface area contributed by atoms with E-state index in [0.29, 0.717) is 23.7 Å². The predicted octanol–water partition coefficient (Wildman–Crippen LogP) is 3.23. The highest BCUT2D eigenvalue weighted by Gasteiger charge is 2.32. The van der Waals surface area contributed by atoms with E-state index < -0.39 is 16.6 Å². The third-order valence-corrected chi connectivity index (χ3v) is 6.74. The number of rotatable bonds is 5. The van der Waals surface area contributed by atoms with Gasteiger partial charge < -0.3 is 0 Å². The average Bonchev–Trinajstić information content (AvgIpc) is 2.99. The molecule has 1 aromatic heterocycles. The van der Waals surface area contributed by atoms with Crippen molar-refractivity contribution < 1.29 is 17.2 Å². The van der Waals surface area contributed by atoms with Crippen LogP contribution in [-0.4, -0.2) is 35.6 Å². The molecule has 0 saturated carbocycles. The summed E-state index contributed by atoms with van der Waals surface area (Å²) in [4.78, 5) is -0.130. The van der Waals surface area contributed by atoms with Gasteiger partial charge >= 0.3 is 6.55 Å². The van der Waals surface area contributed by atoms with Crippen LogP contribution < -0.4 is 0 Å². The lowest BCUT2D eigenvalue weighted by atomic mass is 9.91. The van der Waals surface area contributed by atoms with Gasteiger partial charge in [-0.15, -0.1) is 0 Å². The molecule has 2 aromatic rings. The predicted molar refractivity (Wildman–Crippen MR) is 89.8 cm³/mol. The average molecular weight is 369 g/mol. The van der Waals surface area contributed by atoms with Gasteiger partial charge in [-0.3, -0.25) is 0 Å². The SMILES string of the molecule is Cc1c(S(=O)(=O)N2CCC(Cc3ccccc3)CC2)cnn1C(F)F. The molecule has 8 heteroatoms. The highest BCUT2D eigenvalue weighted by molar-refractivity contribution is 7.89. The molecule has 0 N–H and O–H groups in total. The van der Waals surface area contributed by atoms with Gasteiger partial charge in [0.05, 0.1) is 11.9 Å². The van der Waals surface area contributed by atoms with Crippen LogP contribution in [0.5, 0.6) is 0 Å². The van der Waals surface area contributed by atoms with Crippen molar-refractivity contribution in [2.24, 2.45) is 5.92 Å². The maximum absolute atomic E-state index is 12.8. The first-order valence-electron chi connectivity index (χ1n) is 8.26. The summed E-state index contributed by atoms with van der Waals surface area (Å²) in [5, 5.41) is 3.51. The van der Waals surface area contributed by atoms with E-state index in [0.717, 1.165) is 25.5 Å². The quantitative estimate of drug-likeness (QED) is 0.813. The molecule has 0 spiro atoms. The lowest BCUT2D eigenvalue weighted by Crippen LogP contribution is -2.39. The lowest BCUT2D eigenvalue weighted by Gasteiger charge is -2.31. The Labute approximate surface area is 146 Å². The Kier molecular flexibility index (Phi) is 5.19. The molecular formula is C17H21F2N3O2S. The van der Waals surface area contributed by atoms with Crippen molar-refractivity contribution in [1.82, 2.24) is 14.1 Å². The second-order valence-corrected chi connectivity index (χ2v) is 8.26. The number of alkyl halides is 2. The Morgan fingerprint density at radius 2 is 1.84 bits per heavy atom. The van der Waals surface area contributed by atoms with Crippen LogP contribution in [0.15, 0.2) is 41.4 Å². The van der Waals surface area contributed by atoms with E-state index >= 15 is 0 Å². The number of hydrogen-bond donors (Lipinski definition) is 0. The zero-order chi connectivity index (χ0) is 18.0. The first-order chi connectivity index (χ1) is 11.9. The van der Waals surface area contributed by atoms with E-state index in [1.807, 2.05) is 18.2 Å². The van der Waals surface area contributed by atoms with Gasteiger partial charge in [0.1, 0.15) is 4.90 Å². The fourth-order valence-corrected chi connectivity index (χ4v) is 4.91. The Morgan fingerprint density at radius 3 is 2.40 bits per heavy atom. The minimum absolute atomic E-state index is 0.0265. The number of nitrogens with zero attached hydrogens (tertiary/aromatic N) is 3. The molecule has 0 unspecified atom stereocenters. The number of halogens is 2. The van der Waals surface area contributed by atoms with Crippen LogP contribution in [0.25, 0.3) is 0 Å². The molecule has 25 heavy (non-hydrogen) atoms. The van der Waals surface area contributed by atoms with Crippen LogP contribution in [-0.2, 0) is 16.4 Å². The van der Waals surface area contributed by atoms with Crippen molar-refractivity contribution in [3.63, 3.8) is 0 Å². The number of sulfonamides is 1. The molecule has 0 radical (unpaired) electrons. The fourth-order valence-electron chi connectivity index (χ4n) is 3.30. The third kappa shape index (κ3) is 3.74. The summed E-state index contributed by atoms with van der Waals surface area (Å²) in [5.41, 5.74) is 1.22. The van der Waals surface area contributed by atoms with E-state index in [4.69, 9.17) is 0 Å². The minimum Gasteiger partial charge on any atom is -0.207 e. The molecule has 1 aliphatic rings. The van der Waals surface area contributed by atoms with Crippen molar-refractivity contribution in [1.29, 1.82) is 0 Å². The maximum Gasteiger partial charge on any atom is 0.333 e. The molecule has 2 heterocycles. The van der Waals surface area contributed by atoms with Gasteiger partial charge in [0.2, 0.25) is 10.0 Å². The van der Waals surface area contributed by atoms with Gasteiger partial charge in [-0.1, -0.05) is 30.3 Å². The van der Waals surface area contributed by atoms with Crippen LogP contribution in [0.4, 0.5) is 8.78 Å². The topological polar surface area (TPSA) is 55.2 Å². The van der Waals surface area contributed by atoms with Crippen molar-refractivity contribution in [2.75, 3.05) is 13.1 Å². The van der Waals surface area contributed by atoms with Gasteiger partial charge in [-0.05, 0) is 37.7 Å². The zero-order valence-electron chi connectivity index (χ0n) is 14.0. The standard InChI is InChI=1S/C17H21F2N3O2S/c1-13-16(12-20-22(13)17(18)19)25(23,24)21-9-7-15(8-10-21)11-14-5-3-2-4-6-14/h2-6,12,15,17H,7-11H2,1H3. The zero-order valence-corrected chi connectivity index (χ0v) is 14.8. The molecule has 0 aliphatic carbocycles. The van der Waals surface area contributed by atoms with Gasteiger partial charge in [0.15, 0.2) is 0 Å². The summed E-state index contributed by atoms with van der Waals surface area (Å²) in [7, 11) is -3.79.